The van der Waals surface area contributed by atoms with E-state index in [9.17, 15) is 0 Å². The van der Waals surface area contributed by atoms with Crippen molar-refractivity contribution in [2.75, 3.05) is 6.61 Å². The zero-order valence-electron chi connectivity index (χ0n) is 9.18. The largest absolute Gasteiger partial charge is 0.493 e. The Bertz CT molecular complexity index is 347. The smallest absolute Gasteiger partial charge is 0.127 e. The van der Waals surface area contributed by atoms with Crippen molar-refractivity contribution < 1.29 is 4.74 Å². The molecule has 0 spiro atoms. The number of unbranched alkanes of at least 4 members (excludes halogenated alkanes) is 2. The molecule has 1 aliphatic rings. The Balaban J connectivity index is 2.17. The molecule has 0 unspecified atom stereocenters. The summed E-state index contributed by atoms with van der Waals surface area (Å²) in [5, 5.41) is 0.867. The van der Waals surface area contributed by atoms with Gasteiger partial charge >= 0.3 is 0 Å². The number of hydrogen-bond donors (Lipinski definition) is 0. The highest BCUT2D eigenvalue weighted by Crippen LogP contribution is 2.35. The van der Waals surface area contributed by atoms with Crippen LogP contribution in [0.25, 0.3) is 0 Å². The maximum Gasteiger partial charge on any atom is 0.127 e. The maximum absolute atomic E-state index is 6.21. The average Bonchev–Trinajstić information content (AvgIpc) is 2.69. The molecule has 0 atom stereocenters. The van der Waals surface area contributed by atoms with Crippen molar-refractivity contribution in [2.24, 2.45) is 0 Å². The Kier molecular flexibility index (Phi) is 3.53. The van der Waals surface area contributed by atoms with Crippen molar-refractivity contribution in [1.29, 1.82) is 0 Å². The number of benzene rings is 1. The van der Waals surface area contributed by atoms with E-state index in [1.165, 1.54) is 30.4 Å². The molecule has 0 saturated carbocycles. The summed E-state index contributed by atoms with van der Waals surface area (Å²) in [6.45, 7) is 3.03. The van der Waals surface area contributed by atoms with Gasteiger partial charge in [-0.1, -0.05) is 37.4 Å². The van der Waals surface area contributed by atoms with Crippen LogP contribution in [0.5, 0.6) is 5.75 Å². The monoisotopic (exact) mass is 224 g/mol. The highest BCUT2D eigenvalue weighted by molar-refractivity contribution is 6.31. The van der Waals surface area contributed by atoms with E-state index in [0.29, 0.717) is 0 Å². The molecule has 15 heavy (non-hydrogen) atoms. The Morgan fingerprint density at radius 1 is 1.33 bits per heavy atom. The van der Waals surface area contributed by atoms with Crippen LogP contribution >= 0.6 is 11.6 Å². The Hall–Kier alpha value is -0.690. The highest BCUT2D eigenvalue weighted by atomic mass is 35.5. The normalized spacial score (nSPS) is 13.7. The molecule has 0 aliphatic carbocycles. The van der Waals surface area contributed by atoms with E-state index in [4.69, 9.17) is 16.3 Å². The lowest BCUT2D eigenvalue weighted by molar-refractivity contribution is 0.353. The summed E-state index contributed by atoms with van der Waals surface area (Å²) < 4.78 is 5.66. The van der Waals surface area contributed by atoms with E-state index in [-0.39, 0.29) is 0 Å². The topological polar surface area (TPSA) is 9.23 Å². The molecule has 2 rings (SSSR count). The molecule has 1 aromatic rings. The number of ether oxygens (including phenoxy) is 1. The minimum absolute atomic E-state index is 0.816. The van der Waals surface area contributed by atoms with Crippen LogP contribution in [0.1, 0.15) is 37.3 Å². The van der Waals surface area contributed by atoms with Gasteiger partial charge in [-0.2, -0.15) is 0 Å². The van der Waals surface area contributed by atoms with Gasteiger partial charge in [0.05, 0.1) is 6.61 Å². The molecule has 0 amide bonds. The molecule has 0 aromatic heterocycles. The predicted molar refractivity (Wildman–Crippen MR) is 63.9 cm³/mol. The molecule has 0 saturated heterocycles. The molecule has 1 heterocycles. The van der Waals surface area contributed by atoms with Crippen LogP contribution in [0.2, 0.25) is 5.02 Å². The fourth-order valence-corrected chi connectivity index (χ4v) is 2.32. The van der Waals surface area contributed by atoms with Gasteiger partial charge < -0.3 is 4.74 Å². The van der Waals surface area contributed by atoms with E-state index in [0.717, 1.165) is 30.2 Å². The Labute approximate surface area is 96.4 Å². The van der Waals surface area contributed by atoms with E-state index in [2.05, 4.69) is 13.0 Å². The summed E-state index contributed by atoms with van der Waals surface area (Å²) in [4.78, 5) is 0. The van der Waals surface area contributed by atoms with Gasteiger partial charge in [-0.05, 0) is 24.5 Å². The lowest BCUT2D eigenvalue weighted by Gasteiger charge is -2.09. The second-order valence-electron chi connectivity index (χ2n) is 4.07. The molecule has 0 fully saturated rings. The molecule has 0 radical (unpaired) electrons. The molecule has 0 N–H and O–H groups in total. The Morgan fingerprint density at radius 3 is 3.00 bits per heavy atom. The number of halogens is 1. The standard InChI is InChI=1S/C13H17ClO/c1-2-3-4-5-11-12(14)7-6-10-8-9-15-13(10)11/h6-7H,2-5,8-9H2,1H3. The van der Waals surface area contributed by atoms with Gasteiger partial charge in [-0.25, -0.2) is 0 Å². The third kappa shape index (κ3) is 2.28. The summed E-state index contributed by atoms with van der Waals surface area (Å²) >= 11 is 6.21. The molecule has 1 nitrogen and oxygen atoms in total. The summed E-state index contributed by atoms with van der Waals surface area (Å²) in [6, 6.07) is 4.10. The summed E-state index contributed by atoms with van der Waals surface area (Å²) in [6.07, 6.45) is 5.80. The third-order valence-electron chi connectivity index (χ3n) is 2.93. The van der Waals surface area contributed by atoms with Gasteiger partial charge in [0.25, 0.3) is 0 Å². The van der Waals surface area contributed by atoms with Gasteiger partial charge in [0.2, 0.25) is 0 Å². The van der Waals surface area contributed by atoms with Gasteiger partial charge in [-0.3, -0.25) is 0 Å². The first-order chi connectivity index (χ1) is 7.33. The van der Waals surface area contributed by atoms with Crippen LogP contribution in [0.3, 0.4) is 0 Å². The van der Waals surface area contributed by atoms with Gasteiger partial charge in [0, 0.05) is 17.0 Å². The molecule has 0 bridgehead atoms. The van der Waals surface area contributed by atoms with E-state index >= 15 is 0 Å². The number of rotatable bonds is 4. The lowest BCUT2D eigenvalue weighted by atomic mass is 10.0. The second-order valence-corrected chi connectivity index (χ2v) is 4.48. The second kappa shape index (κ2) is 4.89. The van der Waals surface area contributed by atoms with Gasteiger partial charge in [0.1, 0.15) is 5.75 Å². The van der Waals surface area contributed by atoms with Crippen LogP contribution in [0.4, 0.5) is 0 Å². The van der Waals surface area contributed by atoms with Crippen molar-refractivity contribution in [1.82, 2.24) is 0 Å². The van der Waals surface area contributed by atoms with Crippen molar-refractivity contribution in [3.8, 4) is 5.75 Å². The van der Waals surface area contributed by atoms with Gasteiger partial charge in [-0.15, -0.1) is 0 Å². The molecule has 1 aliphatic heterocycles. The zero-order valence-corrected chi connectivity index (χ0v) is 9.94. The molecule has 1 aromatic carbocycles. The third-order valence-corrected chi connectivity index (χ3v) is 3.29. The predicted octanol–water partition coefficient (Wildman–Crippen LogP) is 4.01. The van der Waals surface area contributed by atoms with Crippen molar-refractivity contribution >= 4 is 11.6 Å². The molecular weight excluding hydrogens is 208 g/mol. The van der Waals surface area contributed by atoms with Crippen LogP contribution in [0.15, 0.2) is 12.1 Å². The maximum atomic E-state index is 6.21. The zero-order chi connectivity index (χ0) is 10.7. The average molecular weight is 225 g/mol. The van der Waals surface area contributed by atoms with E-state index in [1.807, 2.05) is 6.07 Å². The van der Waals surface area contributed by atoms with E-state index in [1.54, 1.807) is 0 Å². The van der Waals surface area contributed by atoms with E-state index < -0.39 is 0 Å². The highest BCUT2D eigenvalue weighted by Gasteiger charge is 2.18. The minimum atomic E-state index is 0.816. The van der Waals surface area contributed by atoms with Crippen LogP contribution < -0.4 is 4.74 Å². The first-order valence-electron chi connectivity index (χ1n) is 5.76. The quantitative estimate of drug-likeness (QED) is 0.703. The first-order valence-corrected chi connectivity index (χ1v) is 6.13. The first kappa shape index (κ1) is 10.8. The lowest BCUT2D eigenvalue weighted by Crippen LogP contribution is -1.93. The Morgan fingerprint density at radius 2 is 2.20 bits per heavy atom. The van der Waals surface area contributed by atoms with Gasteiger partial charge in [0.15, 0.2) is 0 Å². The van der Waals surface area contributed by atoms with Crippen molar-refractivity contribution in [3.05, 3.63) is 28.3 Å². The molecule has 82 valence electrons. The van der Waals surface area contributed by atoms with Crippen LogP contribution in [-0.4, -0.2) is 6.61 Å². The minimum Gasteiger partial charge on any atom is -0.493 e. The molecule has 2 heteroatoms. The molecular formula is C13H17ClO. The fraction of sp³-hybridized carbons (Fsp3) is 0.538. The SMILES string of the molecule is CCCCCc1c(Cl)ccc2c1OCC2. The summed E-state index contributed by atoms with van der Waals surface area (Å²) in [5.74, 6) is 1.07. The van der Waals surface area contributed by atoms with Crippen molar-refractivity contribution in [3.63, 3.8) is 0 Å². The fourth-order valence-electron chi connectivity index (χ4n) is 2.08. The number of fused-ring (bicyclic) bond motifs is 1. The van der Waals surface area contributed by atoms with Crippen LogP contribution in [0, 0.1) is 0 Å². The van der Waals surface area contributed by atoms with Crippen molar-refractivity contribution in [2.45, 2.75) is 39.0 Å². The number of hydrogen-bond acceptors (Lipinski definition) is 1. The summed E-state index contributed by atoms with van der Waals surface area (Å²) in [5.41, 5.74) is 2.55. The van der Waals surface area contributed by atoms with Crippen LogP contribution in [-0.2, 0) is 12.8 Å². The summed E-state index contributed by atoms with van der Waals surface area (Å²) in [7, 11) is 0.